The summed E-state index contributed by atoms with van der Waals surface area (Å²) in [6.07, 6.45) is 10.3. The number of halogens is 2. The van der Waals surface area contributed by atoms with Crippen LogP contribution in [0.5, 0.6) is 0 Å². The predicted octanol–water partition coefficient (Wildman–Crippen LogP) is 13.7. The first-order valence-electron chi connectivity index (χ1n) is 24.7. The number of rotatable bonds is 7. The van der Waals surface area contributed by atoms with Crippen LogP contribution >= 0.6 is 0 Å². The van der Waals surface area contributed by atoms with E-state index < -0.39 is 6.43 Å². The number of hydrogen-bond donors (Lipinski definition) is 2. The molecule has 11 nitrogen and oxygen atoms in total. The molecule has 13 heteroatoms. The van der Waals surface area contributed by atoms with Crippen molar-refractivity contribution < 1.29 is 26.0 Å². The molecule has 1 fully saturated rings. The first-order chi connectivity index (χ1) is 32.9. The molecule has 0 saturated heterocycles. The topological polar surface area (TPSA) is 110 Å². The Labute approximate surface area is 403 Å². The maximum Gasteiger partial charge on any atom is 0.414 e. The van der Waals surface area contributed by atoms with E-state index in [0.29, 0.717) is 41.7 Å². The number of methoxy groups -OCH3 is 1. The lowest BCUT2D eigenvalue weighted by Gasteiger charge is -2.35. The van der Waals surface area contributed by atoms with Gasteiger partial charge in [0, 0.05) is 76.0 Å². The minimum atomic E-state index is -2.61. The highest BCUT2D eigenvalue weighted by molar-refractivity contribution is 6.00. The van der Waals surface area contributed by atoms with Gasteiger partial charge in [-0.15, -0.1) is 0 Å². The van der Waals surface area contributed by atoms with Crippen LogP contribution in [0.2, 0.25) is 0 Å². The number of fused-ring (bicyclic) bond motifs is 5. The van der Waals surface area contributed by atoms with Gasteiger partial charge < -0.3 is 24.8 Å². The number of nitrogens with zero attached hydrogens (tertiary/aromatic N) is 6. The molecule has 2 N–H and O–H groups in total. The number of ether oxygens (including phenoxy) is 1. The Morgan fingerprint density at radius 3 is 2.46 bits per heavy atom. The molecule has 2 amide bonds. The van der Waals surface area contributed by atoms with Gasteiger partial charge in [0.05, 0.1) is 47.1 Å². The molecule has 1 saturated carbocycles. The molecule has 2 aromatic heterocycles. The van der Waals surface area contributed by atoms with Crippen molar-refractivity contribution in [3.8, 4) is 11.1 Å². The Morgan fingerprint density at radius 2 is 1.74 bits per heavy atom. The SMILES string of the molecule is CC.COC(=O)N1c2ccc3c(nc(Cc4ccccc4)n3[C@@H]3CCC[C@@H](C(C)C)C3)c2CC[C@@H]1C.C[C@H]1CC(=O)Nc2cccc(N3CCCc4cc(-c5cnn(C)c5)c(C(F)F)cc43)c2N1.[HH].[HH]. The van der Waals surface area contributed by atoms with Crippen molar-refractivity contribution in [2.45, 2.75) is 130 Å². The highest BCUT2D eigenvalue weighted by Crippen LogP contribution is 2.46. The van der Waals surface area contributed by atoms with Gasteiger partial charge in [-0.05, 0) is 117 Å². The van der Waals surface area contributed by atoms with Crippen molar-refractivity contribution in [3.05, 3.63) is 113 Å². The van der Waals surface area contributed by atoms with Crippen LogP contribution in [0.3, 0.4) is 0 Å². The number of aromatic nitrogens is 4. The van der Waals surface area contributed by atoms with Gasteiger partial charge >= 0.3 is 6.09 Å². The molecule has 5 heterocycles. The first-order valence-corrected chi connectivity index (χ1v) is 24.7. The Balaban J connectivity index is 0.000000216. The van der Waals surface area contributed by atoms with E-state index in [4.69, 9.17) is 9.72 Å². The number of anilines is 5. The highest BCUT2D eigenvalue weighted by atomic mass is 19.3. The summed E-state index contributed by atoms with van der Waals surface area (Å²) in [6.45, 7) is 13.5. The van der Waals surface area contributed by atoms with Crippen molar-refractivity contribution in [3.63, 3.8) is 0 Å². The van der Waals surface area contributed by atoms with Crippen molar-refractivity contribution in [2.75, 3.05) is 34.1 Å². The summed E-state index contributed by atoms with van der Waals surface area (Å²) in [7, 11) is 3.24. The first kappa shape index (κ1) is 48.2. The third kappa shape index (κ3) is 9.85. The summed E-state index contributed by atoms with van der Waals surface area (Å²) in [5, 5.41) is 10.6. The summed E-state index contributed by atoms with van der Waals surface area (Å²) >= 11 is 0. The lowest BCUT2D eigenvalue weighted by Crippen LogP contribution is -2.42. The second-order valence-corrected chi connectivity index (χ2v) is 19.1. The molecular weight excluding hydrogens is 859 g/mol. The molecule has 4 atom stereocenters. The van der Waals surface area contributed by atoms with Gasteiger partial charge in [-0.1, -0.05) is 76.9 Å². The lowest BCUT2D eigenvalue weighted by atomic mass is 9.79. The fourth-order valence-electron chi connectivity index (χ4n) is 10.9. The van der Waals surface area contributed by atoms with Gasteiger partial charge in [-0.2, -0.15) is 5.10 Å². The maximum atomic E-state index is 14.1. The van der Waals surface area contributed by atoms with Gasteiger partial charge in [0.25, 0.3) is 6.43 Å². The molecule has 364 valence electrons. The van der Waals surface area contributed by atoms with E-state index in [-0.39, 0.29) is 32.5 Å². The van der Waals surface area contributed by atoms with Gasteiger partial charge in [-0.25, -0.2) is 18.6 Å². The third-order valence-electron chi connectivity index (χ3n) is 14.2. The van der Waals surface area contributed by atoms with Crippen LogP contribution in [0.25, 0.3) is 22.2 Å². The number of nitrogens with one attached hydrogen (secondary N) is 2. The highest BCUT2D eigenvalue weighted by Gasteiger charge is 2.34. The second-order valence-electron chi connectivity index (χ2n) is 19.1. The Kier molecular flexibility index (Phi) is 14.9. The fourth-order valence-corrected chi connectivity index (χ4v) is 10.9. The standard InChI is InChI=1S/C29H37N3O2.C24H25F2N5O.C2H6.2H2/c1-19(2)22-11-8-12-23(18-22)32-26-16-15-25-24(14-13-20(3)31(25)29(33)34-4)28(26)30-27(32)17-21-9-6-5-7-10-21;1-14-9-22(32)29-19-6-3-7-20(23(19)28-14)31-8-4-5-15-10-17(16-12-27-30(2)13-16)18(24(25)26)11-21(15)31;1-2;;/h5-7,9-10,15-16,19-20,22-23H,8,11-14,17-18H2,1-4H3;3,6-7,10-14,24,28H,4-5,8-9H2,1-2H3,(H,29,32);1-2H3;2*1H/t20-,22+,23+;14-;;;/m00.../s1. The van der Waals surface area contributed by atoms with Crippen molar-refractivity contribution >= 4 is 51.5 Å². The Hall–Kier alpha value is -6.24. The molecular formula is C55H72F2N8O3. The summed E-state index contributed by atoms with van der Waals surface area (Å²) in [4.78, 5) is 34.0. The monoisotopic (exact) mass is 931 g/mol. The smallest absolute Gasteiger partial charge is 0.414 e. The molecule has 0 bridgehead atoms. The lowest BCUT2D eigenvalue weighted by molar-refractivity contribution is -0.116. The minimum absolute atomic E-state index is 0. The van der Waals surface area contributed by atoms with Crippen molar-refractivity contribution in [1.82, 2.24) is 19.3 Å². The molecule has 1 aliphatic carbocycles. The predicted molar refractivity (Wildman–Crippen MR) is 275 cm³/mol. The number of para-hydroxylation sites is 1. The number of benzene rings is 4. The molecule has 3 aliphatic heterocycles. The number of aryl methyl sites for hydroxylation is 3. The summed E-state index contributed by atoms with van der Waals surface area (Å²) < 4.78 is 37.6. The molecule has 0 spiro atoms. The molecule has 0 unspecified atom stereocenters. The molecule has 4 aliphatic rings. The quantitative estimate of drug-likeness (QED) is 0.164. The van der Waals surface area contributed by atoms with E-state index in [1.54, 1.807) is 30.2 Å². The molecule has 10 rings (SSSR count). The number of alkyl halides is 2. The zero-order valence-electron chi connectivity index (χ0n) is 41.0. The summed E-state index contributed by atoms with van der Waals surface area (Å²) in [6, 6.07) is 24.8. The molecule has 68 heavy (non-hydrogen) atoms. The van der Waals surface area contributed by atoms with Gasteiger partial charge in [0.15, 0.2) is 0 Å². The number of hydrogen-bond acceptors (Lipinski definition) is 7. The van der Waals surface area contributed by atoms with Crippen LogP contribution in [0.4, 0.5) is 42.0 Å². The Bertz CT molecular complexity index is 2740. The van der Waals surface area contributed by atoms with Crippen LogP contribution in [0, 0.1) is 11.8 Å². The van der Waals surface area contributed by atoms with Crippen LogP contribution in [-0.4, -0.2) is 57.1 Å². The van der Waals surface area contributed by atoms with E-state index in [1.807, 2.05) is 49.9 Å². The van der Waals surface area contributed by atoms with E-state index in [9.17, 15) is 18.4 Å². The fraction of sp³-hybridized carbons (Fsp3) is 0.455. The second kappa shape index (κ2) is 21.0. The Morgan fingerprint density at radius 1 is 0.941 bits per heavy atom. The van der Waals surface area contributed by atoms with E-state index >= 15 is 0 Å². The van der Waals surface area contributed by atoms with Crippen LogP contribution < -0.4 is 20.4 Å². The van der Waals surface area contributed by atoms with Gasteiger partial charge in [-0.3, -0.25) is 14.4 Å². The third-order valence-corrected chi connectivity index (χ3v) is 14.2. The zero-order chi connectivity index (χ0) is 48.2. The average molecular weight is 931 g/mol. The van der Waals surface area contributed by atoms with Crippen molar-refractivity contribution in [1.29, 1.82) is 0 Å². The number of carbonyl (C=O) groups is 2. The maximum absolute atomic E-state index is 14.1. The van der Waals surface area contributed by atoms with Crippen LogP contribution in [-0.2, 0) is 35.8 Å². The zero-order valence-corrected chi connectivity index (χ0v) is 41.0. The molecule has 6 aromatic rings. The van der Waals surface area contributed by atoms with Gasteiger partial charge in [0.2, 0.25) is 5.91 Å². The molecule has 0 radical (unpaired) electrons. The largest absolute Gasteiger partial charge is 0.452 e. The van der Waals surface area contributed by atoms with Crippen molar-refractivity contribution in [2.24, 2.45) is 18.9 Å². The van der Waals surface area contributed by atoms with E-state index in [1.165, 1.54) is 49.4 Å². The summed E-state index contributed by atoms with van der Waals surface area (Å²) in [5.74, 6) is 2.57. The number of carbonyl (C=O) groups excluding carboxylic acids is 2. The summed E-state index contributed by atoms with van der Waals surface area (Å²) in [5.41, 5.74) is 11.2. The van der Waals surface area contributed by atoms with Gasteiger partial charge in [0.1, 0.15) is 5.82 Å². The van der Waals surface area contributed by atoms with E-state index in [0.717, 1.165) is 77.7 Å². The minimum Gasteiger partial charge on any atom is -0.452 e. The van der Waals surface area contributed by atoms with Crippen LogP contribution in [0.1, 0.15) is 130 Å². The number of imidazole rings is 1. The van der Waals surface area contributed by atoms with E-state index in [2.05, 4.69) is 88.4 Å². The normalized spacial score (nSPS) is 19.9. The molecule has 4 aromatic carbocycles. The average Bonchev–Trinajstić information content (AvgIpc) is 3.90. The number of amides is 2. The van der Waals surface area contributed by atoms with Crippen LogP contribution in [0.15, 0.2) is 85.2 Å².